The molecule has 1 rings (SSSR count). The molecular weight excluding hydrogens is 321 g/mol. The molecule has 0 fully saturated rings. The Morgan fingerprint density at radius 3 is 2.89 bits per heavy atom. The maximum Gasteiger partial charge on any atom is 0.141 e. The van der Waals surface area contributed by atoms with Gasteiger partial charge in [0.2, 0.25) is 0 Å². The smallest absolute Gasteiger partial charge is 0.141 e. The van der Waals surface area contributed by atoms with Crippen molar-refractivity contribution >= 4 is 27.5 Å². The number of benzene rings is 1. The van der Waals surface area contributed by atoms with Gasteiger partial charge in [0.15, 0.2) is 0 Å². The molecule has 0 radical (unpaired) electrons. The topological polar surface area (TPSA) is 21.3 Å². The van der Waals surface area contributed by atoms with Crippen LogP contribution in [-0.2, 0) is 0 Å². The van der Waals surface area contributed by atoms with Crippen molar-refractivity contribution in [2.24, 2.45) is 0 Å². The van der Waals surface area contributed by atoms with Crippen molar-refractivity contribution in [1.82, 2.24) is 5.32 Å². The average Bonchev–Trinajstić information content (AvgIpc) is 2.32. The van der Waals surface area contributed by atoms with E-state index in [9.17, 15) is 4.39 Å². The molecule has 102 valence electrons. The number of ether oxygens (including phenoxy) is 1. The highest BCUT2D eigenvalue weighted by molar-refractivity contribution is 9.10. The molecule has 0 amide bonds. The summed E-state index contributed by atoms with van der Waals surface area (Å²) in [5, 5.41) is 3.67. The Hall–Kier alpha value is -0.320. The lowest BCUT2D eigenvalue weighted by Gasteiger charge is -2.16. The fourth-order valence-electron chi connectivity index (χ4n) is 1.56. The minimum absolute atomic E-state index is 0.0155. The van der Waals surface area contributed by atoms with Crippen molar-refractivity contribution in [2.45, 2.75) is 32.8 Å². The first-order chi connectivity index (χ1) is 8.54. The van der Waals surface area contributed by atoms with E-state index in [-0.39, 0.29) is 11.9 Å². The number of rotatable bonds is 7. The van der Waals surface area contributed by atoms with Crippen LogP contribution >= 0.6 is 27.5 Å². The van der Waals surface area contributed by atoms with Crippen LogP contribution in [-0.4, -0.2) is 19.2 Å². The van der Waals surface area contributed by atoms with Crippen LogP contribution in [0.1, 0.15) is 26.7 Å². The molecule has 0 bridgehead atoms. The van der Waals surface area contributed by atoms with Crippen LogP contribution in [0.5, 0.6) is 5.75 Å². The normalized spacial score (nSPS) is 12.5. The van der Waals surface area contributed by atoms with E-state index in [0.29, 0.717) is 15.2 Å². The minimum Gasteiger partial charge on any atom is -0.489 e. The van der Waals surface area contributed by atoms with Crippen LogP contribution in [0.15, 0.2) is 16.6 Å². The van der Waals surface area contributed by atoms with Gasteiger partial charge in [-0.15, -0.1) is 0 Å². The Morgan fingerprint density at radius 1 is 1.50 bits per heavy atom. The van der Waals surface area contributed by atoms with Crippen molar-refractivity contribution in [3.8, 4) is 5.75 Å². The second kappa shape index (κ2) is 7.97. The van der Waals surface area contributed by atoms with Gasteiger partial charge in [0.25, 0.3) is 0 Å². The lowest BCUT2D eigenvalue weighted by Crippen LogP contribution is -2.18. The van der Waals surface area contributed by atoms with Crippen LogP contribution in [0.3, 0.4) is 0 Å². The SMILES string of the molecule is CCNCCCC(C)Oc1cc(F)c(Br)cc1Cl. The zero-order valence-electron chi connectivity index (χ0n) is 10.6. The summed E-state index contributed by atoms with van der Waals surface area (Å²) in [5.41, 5.74) is 0. The maximum atomic E-state index is 13.4. The molecule has 0 aliphatic heterocycles. The molecular formula is C13H18BrClFNO. The van der Waals surface area contributed by atoms with Crippen LogP contribution in [0.4, 0.5) is 4.39 Å². The summed E-state index contributed by atoms with van der Waals surface area (Å²) < 4.78 is 19.4. The van der Waals surface area contributed by atoms with Crippen LogP contribution in [0.25, 0.3) is 0 Å². The second-order valence-electron chi connectivity index (χ2n) is 4.12. The Bertz CT molecular complexity index is 389. The molecule has 0 spiro atoms. The quantitative estimate of drug-likeness (QED) is 0.588. The number of halogens is 3. The predicted octanol–water partition coefficient (Wildman–Crippen LogP) is 4.40. The highest BCUT2D eigenvalue weighted by atomic mass is 79.9. The largest absolute Gasteiger partial charge is 0.489 e. The van der Waals surface area contributed by atoms with Gasteiger partial charge < -0.3 is 10.1 Å². The molecule has 0 saturated heterocycles. The molecule has 18 heavy (non-hydrogen) atoms. The Balaban J connectivity index is 2.48. The van der Waals surface area contributed by atoms with Crippen molar-refractivity contribution < 1.29 is 9.13 Å². The maximum absolute atomic E-state index is 13.4. The van der Waals surface area contributed by atoms with Crippen LogP contribution in [0, 0.1) is 5.82 Å². The molecule has 1 aromatic carbocycles. The van der Waals surface area contributed by atoms with Crippen molar-refractivity contribution in [3.05, 3.63) is 27.4 Å². The lowest BCUT2D eigenvalue weighted by molar-refractivity contribution is 0.207. The van der Waals surface area contributed by atoms with Gasteiger partial charge in [-0.3, -0.25) is 0 Å². The first-order valence-electron chi connectivity index (χ1n) is 6.06. The summed E-state index contributed by atoms with van der Waals surface area (Å²) in [6, 6.07) is 2.82. The van der Waals surface area contributed by atoms with E-state index in [1.165, 1.54) is 12.1 Å². The predicted molar refractivity (Wildman–Crippen MR) is 77.0 cm³/mol. The van der Waals surface area contributed by atoms with Gasteiger partial charge in [-0.05, 0) is 54.9 Å². The Labute approximate surface area is 121 Å². The molecule has 1 atom stereocenters. The van der Waals surface area contributed by atoms with E-state index in [1.54, 1.807) is 0 Å². The van der Waals surface area contributed by atoms with Gasteiger partial charge in [-0.25, -0.2) is 4.39 Å². The molecule has 5 heteroatoms. The van der Waals surface area contributed by atoms with E-state index in [1.807, 2.05) is 6.92 Å². The monoisotopic (exact) mass is 337 g/mol. The summed E-state index contributed by atoms with van der Waals surface area (Å²) in [4.78, 5) is 0. The summed E-state index contributed by atoms with van der Waals surface area (Å²) in [5.74, 6) is 0.0302. The molecule has 2 nitrogen and oxygen atoms in total. The molecule has 0 heterocycles. The van der Waals surface area contributed by atoms with Gasteiger partial charge in [0.1, 0.15) is 11.6 Å². The van der Waals surface area contributed by atoms with Gasteiger partial charge >= 0.3 is 0 Å². The van der Waals surface area contributed by atoms with Gasteiger partial charge in [-0.2, -0.15) is 0 Å². The molecule has 1 unspecified atom stereocenters. The summed E-state index contributed by atoms with van der Waals surface area (Å²) in [6.45, 7) is 5.97. The van der Waals surface area contributed by atoms with E-state index < -0.39 is 0 Å². The van der Waals surface area contributed by atoms with Gasteiger partial charge in [-0.1, -0.05) is 18.5 Å². The van der Waals surface area contributed by atoms with Crippen molar-refractivity contribution in [1.29, 1.82) is 0 Å². The van der Waals surface area contributed by atoms with Gasteiger partial charge in [0.05, 0.1) is 15.6 Å². The molecule has 0 saturated carbocycles. The van der Waals surface area contributed by atoms with Crippen molar-refractivity contribution in [3.63, 3.8) is 0 Å². The van der Waals surface area contributed by atoms with Crippen molar-refractivity contribution in [2.75, 3.05) is 13.1 Å². The summed E-state index contributed by atoms with van der Waals surface area (Å²) in [7, 11) is 0. The molecule has 0 aliphatic carbocycles. The molecule has 0 aromatic heterocycles. The lowest BCUT2D eigenvalue weighted by atomic mass is 10.2. The zero-order valence-corrected chi connectivity index (χ0v) is 12.9. The van der Waals surface area contributed by atoms with Gasteiger partial charge in [0, 0.05) is 6.07 Å². The fraction of sp³-hybridized carbons (Fsp3) is 0.538. The summed E-state index contributed by atoms with van der Waals surface area (Å²) in [6.07, 6.45) is 1.94. The minimum atomic E-state index is -0.366. The third kappa shape index (κ3) is 5.12. The van der Waals surface area contributed by atoms with E-state index >= 15 is 0 Å². The Morgan fingerprint density at radius 2 is 2.22 bits per heavy atom. The number of hydrogen-bond acceptors (Lipinski definition) is 2. The fourth-order valence-corrected chi connectivity index (χ4v) is 2.24. The third-order valence-electron chi connectivity index (χ3n) is 2.52. The van der Waals surface area contributed by atoms with E-state index in [4.69, 9.17) is 16.3 Å². The third-order valence-corrected chi connectivity index (χ3v) is 3.42. The van der Waals surface area contributed by atoms with Crippen LogP contribution < -0.4 is 10.1 Å². The zero-order chi connectivity index (χ0) is 13.5. The van der Waals surface area contributed by atoms with E-state index in [0.717, 1.165) is 25.9 Å². The Kier molecular flexibility index (Phi) is 6.97. The number of nitrogens with one attached hydrogen (secondary N) is 1. The van der Waals surface area contributed by atoms with Crippen LogP contribution in [0.2, 0.25) is 5.02 Å². The standard InChI is InChI=1S/C13H18BrClFNO/c1-3-17-6-4-5-9(2)18-13-8-12(16)10(14)7-11(13)15/h7-9,17H,3-6H2,1-2H3. The first-order valence-corrected chi connectivity index (χ1v) is 7.23. The molecule has 1 N–H and O–H groups in total. The summed E-state index contributed by atoms with van der Waals surface area (Å²) >= 11 is 9.08. The second-order valence-corrected chi connectivity index (χ2v) is 5.38. The molecule has 0 aliphatic rings. The molecule has 1 aromatic rings. The van der Waals surface area contributed by atoms with E-state index in [2.05, 4.69) is 28.2 Å². The average molecular weight is 339 g/mol. The first kappa shape index (κ1) is 15.7. The highest BCUT2D eigenvalue weighted by Gasteiger charge is 2.11. The highest BCUT2D eigenvalue weighted by Crippen LogP contribution is 2.31. The number of hydrogen-bond donors (Lipinski definition) is 1.